The predicted octanol–water partition coefficient (Wildman–Crippen LogP) is 4.51. The van der Waals surface area contributed by atoms with Crippen molar-refractivity contribution in [3.63, 3.8) is 0 Å². The number of amides is 1. The van der Waals surface area contributed by atoms with E-state index in [4.69, 9.17) is 4.74 Å². The Bertz CT molecular complexity index is 653. The van der Waals surface area contributed by atoms with Crippen LogP contribution in [0.15, 0.2) is 48.5 Å². The van der Waals surface area contributed by atoms with Crippen molar-refractivity contribution in [1.82, 2.24) is 5.32 Å². The smallest absolute Gasteiger partial charge is 0.261 e. The highest BCUT2D eigenvalue weighted by Gasteiger charge is 2.18. The van der Waals surface area contributed by atoms with Gasteiger partial charge in [0.2, 0.25) is 0 Å². The molecule has 0 aliphatic carbocycles. The number of carbonyl (C=O) groups excluding carboxylic acids is 1. The van der Waals surface area contributed by atoms with Crippen molar-refractivity contribution in [3.05, 3.63) is 65.2 Å². The molecule has 1 amide bonds. The summed E-state index contributed by atoms with van der Waals surface area (Å²) in [5.74, 6) is 2.58. The molecule has 1 unspecified atom stereocenters. The van der Waals surface area contributed by atoms with Gasteiger partial charge in [0.25, 0.3) is 5.91 Å². The molecule has 0 fully saturated rings. The first-order valence-electron chi connectivity index (χ1n) is 8.73. The van der Waals surface area contributed by atoms with Gasteiger partial charge in [0.05, 0.1) is 0 Å². The topological polar surface area (TPSA) is 38.3 Å². The molecular weight excluding hydrogens is 330 g/mol. The molecule has 0 saturated heterocycles. The zero-order valence-corrected chi connectivity index (χ0v) is 16.1. The van der Waals surface area contributed by atoms with E-state index in [9.17, 15) is 4.79 Å². The average molecular weight is 358 g/mol. The number of thioether (sulfide) groups is 1. The molecule has 0 spiro atoms. The maximum Gasteiger partial charge on any atom is 0.261 e. The summed E-state index contributed by atoms with van der Waals surface area (Å²) < 4.78 is 5.89. The fourth-order valence-corrected chi connectivity index (χ4v) is 3.43. The van der Waals surface area contributed by atoms with Crippen molar-refractivity contribution in [3.8, 4) is 5.75 Å². The first-order valence-corrected chi connectivity index (χ1v) is 9.88. The minimum absolute atomic E-state index is 0.0398. The Balaban J connectivity index is 1.74. The highest BCUT2D eigenvalue weighted by Crippen LogP contribution is 2.18. The Morgan fingerprint density at radius 2 is 1.80 bits per heavy atom. The van der Waals surface area contributed by atoms with E-state index in [1.165, 1.54) is 5.56 Å². The second kappa shape index (κ2) is 10.1. The van der Waals surface area contributed by atoms with Crippen LogP contribution in [0.25, 0.3) is 0 Å². The Kier molecular flexibility index (Phi) is 7.86. The third kappa shape index (κ3) is 6.83. The quantitative estimate of drug-likeness (QED) is 0.671. The van der Waals surface area contributed by atoms with Crippen molar-refractivity contribution in [2.45, 2.75) is 39.0 Å². The van der Waals surface area contributed by atoms with Gasteiger partial charge < -0.3 is 10.1 Å². The van der Waals surface area contributed by atoms with Crippen LogP contribution >= 0.6 is 11.8 Å². The van der Waals surface area contributed by atoms with Gasteiger partial charge in [-0.25, -0.2) is 0 Å². The second-order valence-corrected chi connectivity index (χ2v) is 7.27. The van der Waals surface area contributed by atoms with E-state index >= 15 is 0 Å². The van der Waals surface area contributed by atoms with Crippen LogP contribution in [0.3, 0.4) is 0 Å². The van der Waals surface area contributed by atoms with Crippen LogP contribution in [-0.2, 0) is 10.5 Å². The maximum atomic E-state index is 12.3. The fourth-order valence-electron chi connectivity index (χ4n) is 2.61. The van der Waals surface area contributed by atoms with Gasteiger partial charge in [0.15, 0.2) is 6.10 Å². The van der Waals surface area contributed by atoms with Crippen LogP contribution in [0.5, 0.6) is 5.75 Å². The van der Waals surface area contributed by atoms with Crippen LogP contribution in [0.4, 0.5) is 0 Å². The Morgan fingerprint density at radius 3 is 2.44 bits per heavy atom. The summed E-state index contributed by atoms with van der Waals surface area (Å²) >= 11 is 1.82. The van der Waals surface area contributed by atoms with Gasteiger partial charge in [0, 0.05) is 18.1 Å². The lowest BCUT2D eigenvalue weighted by molar-refractivity contribution is -0.127. The van der Waals surface area contributed by atoms with E-state index in [1.54, 1.807) is 0 Å². The van der Waals surface area contributed by atoms with E-state index in [2.05, 4.69) is 23.5 Å². The average Bonchev–Trinajstić information content (AvgIpc) is 2.59. The van der Waals surface area contributed by atoms with Crippen LogP contribution in [0.1, 0.15) is 30.0 Å². The van der Waals surface area contributed by atoms with Gasteiger partial charge >= 0.3 is 0 Å². The number of hydrogen-bond donors (Lipinski definition) is 1. The molecule has 0 heterocycles. The Hall–Kier alpha value is -1.94. The molecule has 0 aromatic heterocycles. The first-order chi connectivity index (χ1) is 12.1. The van der Waals surface area contributed by atoms with E-state index in [-0.39, 0.29) is 5.91 Å². The number of rotatable bonds is 9. The van der Waals surface area contributed by atoms with Crippen LogP contribution in [0.2, 0.25) is 0 Å². The van der Waals surface area contributed by atoms with Gasteiger partial charge in [0.1, 0.15) is 5.75 Å². The first kappa shape index (κ1) is 19.4. The molecule has 3 nitrogen and oxygen atoms in total. The van der Waals surface area contributed by atoms with Crippen LogP contribution in [0, 0.1) is 13.8 Å². The Morgan fingerprint density at radius 1 is 1.12 bits per heavy atom. The van der Waals surface area contributed by atoms with Crippen LogP contribution < -0.4 is 10.1 Å². The summed E-state index contributed by atoms with van der Waals surface area (Å²) in [7, 11) is 0. The molecular formula is C21H27NO2S. The van der Waals surface area contributed by atoms with Gasteiger partial charge in [-0.15, -0.1) is 0 Å². The summed E-state index contributed by atoms with van der Waals surface area (Å²) in [4.78, 5) is 12.3. The summed E-state index contributed by atoms with van der Waals surface area (Å²) in [5.41, 5.74) is 3.59. The number of hydrogen-bond acceptors (Lipinski definition) is 3. The molecule has 25 heavy (non-hydrogen) atoms. The number of benzene rings is 2. The summed E-state index contributed by atoms with van der Waals surface area (Å²) in [5, 5.41) is 2.98. The van der Waals surface area contributed by atoms with Crippen molar-refractivity contribution in [2.24, 2.45) is 0 Å². The summed E-state index contributed by atoms with van der Waals surface area (Å²) in [6.45, 7) is 6.69. The molecule has 2 aromatic carbocycles. The zero-order chi connectivity index (χ0) is 18.1. The SMILES string of the molecule is CCC(Oc1cc(C)cc(C)c1)C(=O)NCCSCc1ccccc1. The molecule has 0 radical (unpaired) electrons. The molecule has 2 aromatic rings. The molecule has 1 N–H and O–H groups in total. The van der Waals surface area contributed by atoms with Crippen molar-refractivity contribution in [2.75, 3.05) is 12.3 Å². The van der Waals surface area contributed by atoms with Gasteiger partial charge in [-0.2, -0.15) is 11.8 Å². The molecule has 2 rings (SSSR count). The molecule has 0 aliphatic heterocycles. The summed E-state index contributed by atoms with van der Waals surface area (Å²) in [6, 6.07) is 16.4. The van der Waals surface area contributed by atoms with Crippen molar-refractivity contribution >= 4 is 17.7 Å². The lowest BCUT2D eigenvalue weighted by Crippen LogP contribution is -2.39. The monoisotopic (exact) mass is 357 g/mol. The zero-order valence-electron chi connectivity index (χ0n) is 15.2. The third-order valence-corrected chi connectivity index (χ3v) is 4.82. The standard InChI is InChI=1S/C21H27NO2S/c1-4-20(24-19-13-16(2)12-17(3)14-19)21(23)22-10-11-25-15-18-8-6-5-7-9-18/h5-9,12-14,20H,4,10-11,15H2,1-3H3,(H,22,23). The highest BCUT2D eigenvalue weighted by molar-refractivity contribution is 7.98. The number of aryl methyl sites for hydroxylation is 2. The molecule has 0 bridgehead atoms. The molecule has 4 heteroatoms. The lowest BCUT2D eigenvalue weighted by atomic mass is 10.1. The van der Waals surface area contributed by atoms with Crippen LogP contribution in [-0.4, -0.2) is 24.3 Å². The third-order valence-electron chi connectivity index (χ3n) is 3.79. The van der Waals surface area contributed by atoms with E-state index in [1.807, 2.05) is 62.9 Å². The molecule has 134 valence electrons. The number of ether oxygens (including phenoxy) is 1. The molecule has 0 aliphatic rings. The minimum Gasteiger partial charge on any atom is -0.481 e. The Labute approximate surface area is 155 Å². The van der Waals surface area contributed by atoms with Gasteiger partial charge in [-0.3, -0.25) is 4.79 Å². The summed E-state index contributed by atoms with van der Waals surface area (Å²) in [6.07, 6.45) is 0.205. The van der Waals surface area contributed by atoms with E-state index in [0.717, 1.165) is 28.4 Å². The predicted molar refractivity (Wildman–Crippen MR) is 106 cm³/mol. The van der Waals surface area contributed by atoms with E-state index < -0.39 is 6.10 Å². The largest absolute Gasteiger partial charge is 0.481 e. The normalized spacial score (nSPS) is 11.8. The minimum atomic E-state index is -0.444. The number of carbonyl (C=O) groups is 1. The van der Waals surface area contributed by atoms with Gasteiger partial charge in [-0.1, -0.05) is 43.3 Å². The maximum absolute atomic E-state index is 12.3. The van der Waals surface area contributed by atoms with Gasteiger partial charge in [-0.05, 0) is 49.1 Å². The highest BCUT2D eigenvalue weighted by atomic mass is 32.2. The fraction of sp³-hybridized carbons (Fsp3) is 0.381. The number of nitrogens with one attached hydrogen (secondary N) is 1. The molecule has 1 atom stereocenters. The van der Waals surface area contributed by atoms with Crippen molar-refractivity contribution < 1.29 is 9.53 Å². The molecule has 0 saturated carbocycles. The van der Waals surface area contributed by atoms with Crippen molar-refractivity contribution in [1.29, 1.82) is 0 Å². The second-order valence-electron chi connectivity index (χ2n) is 6.17. The lowest BCUT2D eigenvalue weighted by Gasteiger charge is -2.18. The van der Waals surface area contributed by atoms with E-state index in [0.29, 0.717) is 13.0 Å².